The Bertz CT molecular complexity index is 1440. The number of carbonyl (C=O) groups excluding carboxylic acids is 1. The molecule has 0 unspecified atom stereocenters. The molecule has 0 aliphatic carbocycles. The van der Waals surface area contributed by atoms with E-state index >= 15 is 4.39 Å². The summed E-state index contributed by atoms with van der Waals surface area (Å²) in [5.74, 6) is -1.09. The maximum atomic E-state index is 15.1. The summed E-state index contributed by atoms with van der Waals surface area (Å²) in [6.45, 7) is 2.86. The van der Waals surface area contributed by atoms with Crippen LogP contribution in [-0.2, 0) is 15.0 Å². The molecule has 16 heteroatoms. The number of nitrogens with one attached hydrogen (secondary N) is 1. The molecule has 1 amide bonds. The van der Waals surface area contributed by atoms with Crippen LogP contribution in [0.3, 0.4) is 0 Å². The number of carbonyl (C=O) groups is 1. The molecule has 220 valence electrons. The van der Waals surface area contributed by atoms with Crippen LogP contribution in [0.4, 0.5) is 31.1 Å². The van der Waals surface area contributed by atoms with Crippen molar-refractivity contribution in [1.29, 1.82) is 0 Å². The average Bonchev–Trinajstić information content (AvgIpc) is 3.32. The number of halogens is 6. The van der Waals surface area contributed by atoms with Gasteiger partial charge < -0.3 is 18.7 Å². The van der Waals surface area contributed by atoms with Gasteiger partial charge in [0.25, 0.3) is 6.02 Å². The number of rotatable bonds is 5. The van der Waals surface area contributed by atoms with Crippen molar-refractivity contribution in [2.75, 3.05) is 0 Å². The zero-order valence-electron chi connectivity index (χ0n) is 21.9. The number of benzene rings is 1. The van der Waals surface area contributed by atoms with Gasteiger partial charge in [-0.1, -0.05) is 5.16 Å². The van der Waals surface area contributed by atoms with Gasteiger partial charge in [0.05, 0.1) is 17.9 Å². The minimum atomic E-state index is -4.87. The monoisotopic (exact) mass is 587 g/mol. The van der Waals surface area contributed by atoms with Crippen LogP contribution in [0.2, 0.25) is 0 Å². The fourth-order valence-corrected chi connectivity index (χ4v) is 3.85. The first kappa shape index (κ1) is 29.6. The molecule has 0 fully saturated rings. The molecular formula is C25H23F6N5O5. The van der Waals surface area contributed by atoms with Crippen molar-refractivity contribution >= 4 is 12.1 Å². The van der Waals surface area contributed by atoms with E-state index in [2.05, 4.69) is 30.2 Å². The lowest BCUT2D eigenvalue weighted by Crippen LogP contribution is -2.49. The van der Waals surface area contributed by atoms with Gasteiger partial charge in [0.15, 0.2) is 29.1 Å². The van der Waals surface area contributed by atoms with E-state index in [1.165, 1.54) is 25.1 Å². The molecule has 1 aromatic carbocycles. The maximum Gasteiger partial charge on any atom is 0.425 e. The van der Waals surface area contributed by atoms with E-state index < -0.39 is 54.4 Å². The van der Waals surface area contributed by atoms with Crippen LogP contribution in [0, 0.1) is 5.82 Å². The van der Waals surface area contributed by atoms with Gasteiger partial charge in [-0.05, 0) is 45.9 Å². The van der Waals surface area contributed by atoms with E-state index in [0.29, 0.717) is 0 Å². The highest BCUT2D eigenvalue weighted by molar-refractivity contribution is 5.91. The van der Waals surface area contributed by atoms with Gasteiger partial charge in [-0.15, -0.1) is 0 Å². The first-order valence-electron chi connectivity index (χ1n) is 11.9. The van der Waals surface area contributed by atoms with Crippen molar-refractivity contribution < 1.29 is 49.9 Å². The summed E-state index contributed by atoms with van der Waals surface area (Å²) in [5.41, 5.74) is -2.76. The maximum absolute atomic E-state index is 15.1. The number of nitrogens with zero attached hydrogens (tertiary/aromatic N) is 4. The molecule has 1 N–H and O–H groups in total. The Labute approximate surface area is 228 Å². The summed E-state index contributed by atoms with van der Waals surface area (Å²) in [6, 6.07) is 4.12. The van der Waals surface area contributed by atoms with Crippen LogP contribution >= 0.6 is 0 Å². The molecule has 1 aliphatic heterocycles. The Morgan fingerprint density at radius 2 is 1.83 bits per heavy atom. The first-order chi connectivity index (χ1) is 19.0. The molecule has 41 heavy (non-hydrogen) atoms. The van der Waals surface area contributed by atoms with E-state index in [4.69, 9.17) is 14.0 Å². The molecular weight excluding hydrogens is 564 g/mol. The van der Waals surface area contributed by atoms with Gasteiger partial charge in [-0.25, -0.2) is 29.5 Å². The van der Waals surface area contributed by atoms with Crippen molar-refractivity contribution in [2.24, 2.45) is 4.99 Å². The minimum Gasteiger partial charge on any atom is -0.452 e. The highest BCUT2D eigenvalue weighted by atomic mass is 19.4. The fraction of sp³-hybridized carbons (Fsp3) is 0.400. The van der Waals surface area contributed by atoms with E-state index in [-0.39, 0.29) is 34.2 Å². The molecule has 2 aromatic heterocycles. The Kier molecular flexibility index (Phi) is 7.87. The van der Waals surface area contributed by atoms with Crippen LogP contribution in [0.15, 0.2) is 46.2 Å². The van der Waals surface area contributed by atoms with E-state index in [9.17, 15) is 26.7 Å². The molecule has 3 heterocycles. The molecule has 3 aromatic rings. The van der Waals surface area contributed by atoms with Crippen molar-refractivity contribution in [3.63, 3.8) is 0 Å². The molecule has 10 nitrogen and oxygen atoms in total. The molecule has 0 radical (unpaired) electrons. The van der Waals surface area contributed by atoms with E-state index in [1.807, 2.05) is 0 Å². The van der Waals surface area contributed by atoms with Gasteiger partial charge in [-0.3, -0.25) is 0 Å². The first-order valence-corrected chi connectivity index (χ1v) is 11.9. The molecule has 0 bridgehead atoms. The van der Waals surface area contributed by atoms with Gasteiger partial charge in [-0.2, -0.15) is 22.0 Å². The molecule has 1 aliphatic rings. The number of hydrogen-bond acceptors (Lipinski definition) is 9. The number of aromatic nitrogens is 3. The third kappa shape index (κ3) is 7.24. The van der Waals surface area contributed by atoms with E-state index in [0.717, 1.165) is 18.5 Å². The van der Waals surface area contributed by atoms with Crippen molar-refractivity contribution in [3.8, 4) is 28.6 Å². The highest BCUT2D eigenvalue weighted by Gasteiger charge is 2.50. The number of aliphatic imine (C=N–C) groups is 1. The second kappa shape index (κ2) is 10.9. The van der Waals surface area contributed by atoms with Crippen LogP contribution in [-0.4, -0.2) is 51.7 Å². The Morgan fingerprint density at radius 1 is 1.15 bits per heavy atom. The van der Waals surface area contributed by atoms with Gasteiger partial charge in [0, 0.05) is 23.6 Å². The van der Waals surface area contributed by atoms with Crippen LogP contribution in [0.1, 0.15) is 39.7 Å². The van der Waals surface area contributed by atoms with Crippen LogP contribution < -0.4 is 10.1 Å². The van der Waals surface area contributed by atoms with Crippen molar-refractivity contribution in [1.82, 2.24) is 20.4 Å². The number of amides is 1. The predicted octanol–water partition coefficient (Wildman–Crippen LogP) is 5.99. The second-order valence-corrected chi connectivity index (χ2v) is 10.1. The van der Waals surface area contributed by atoms with Crippen LogP contribution in [0.25, 0.3) is 22.8 Å². The minimum absolute atomic E-state index is 0.00387. The Hall–Kier alpha value is -4.37. The average molecular weight is 587 g/mol. The van der Waals surface area contributed by atoms with Gasteiger partial charge in [0.1, 0.15) is 11.4 Å². The highest BCUT2D eigenvalue weighted by Crippen LogP contribution is 2.42. The van der Waals surface area contributed by atoms with E-state index in [1.54, 1.807) is 20.8 Å². The lowest BCUT2D eigenvalue weighted by atomic mass is 9.84. The smallest absolute Gasteiger partial charge is 0.425 e. The summed E-state index contributed by atoms with van der Waals surface area (Å²) < 4.78 is 101. The summed E-state index contributed by atoms with van der Waals surface area (Å²) >= 11 is 0. The normalized spacial score (nSPS) is 19.4. The zero-order valence-corrected chi connectivity index (χ0v) is 21.9. The Morgan fingerprint density at radius 3 is 2.44 bits per heavy atom. The van der Waals surface area contributed by atoms with Crippen molar-refractivity contribution in [2.45, 2.75) is 64.1 Å². The number of hydrogen-bond donors (Lipinski definition) is 1. The second-order valence-electron chi connectivity index (χ2n) is 10.1. The summed E-state index contributed by atoms with van der Waals surface area (Å²) in [7, 11) is 0. The largest absolute Gasteiger partial charge is 0.452 e. The topological polar surface area (TPSA) is 121 Å². The lowest BCUT2D eigenvalue weighted by molar-refractivity contribution is -0.208. The number of alkyl halides is 5. The third-order valence-electron chi connectivity index (χ3n) is 5.58. The molecule has 0 spiro atoms. The summed E-state index contributed by atoms with van der Waals surface area (Å²) in [6.07, 6.45) is -7.21. The third-order valence-corrected chi connectivity index (χ3v) is 5.58. The number of amidine groups is 1. The Balaban J connectivity index is 1.66. The fourth-order valence-electron chi connectivity index (χ4n) is 3.85. The SMILES string of the molecule is CC(C)(C)OC(=O)NC1=N[C@](C)(c2cc(-c3cc(-c4ncc(OC(F)F)cn4)no3)ccc2F)C[C@@H](C(F)(F)F)O1. The van der Waals surface area contributed by atoms with Crippen molar-refractivity contribution in [3.05, 3.63) is 48.0 Å². The summed E-state index contributed by atoms with van der Waals surface area (Å²) in [5, 5.41) is 5.87. The van der Waals surface area contributed by atoms with Crippen LogP contribution in [0.5, 0.6) is 5.75 Å². The predicted molar refractivity (Wildman–Crippen MR) is 129 cm³/mol. The standard InChI is InChI=1S/C25H23F6N5O5/c1-23(2,3)40-22(37)34-21-35-24(4,9-18(39-21)25(29,30)31)14-7-12(5-6-15(14)26)17-8-16(36-41-17)19-32-10-13(11-33-19)38-20(27)28/h5-8,10-11,18,20H,9H2,1-4H3,(H,34,35,37)/t18-,24-/m0/s1. The van der Waals surface area contributed by atoms with Gasteiger partial charge >= 0.3 is 18.9 Å². The molecule has 2 atom stereocenters. The zero-order chi connectivity index (χ0) is 30.2. The molecule has 0 saturated heterocycles. The number of ether oxygens (including phenoxy) is 3. The molecule has 4 rings (SSSR count). The lowest BCUT2D eigenvalue weighted by Gasteiger charge is -2.37. The summed E-state index contributed by atoms with van der Waals surface area (Å²) in [4.78, 5) is 24.1. The number of alkyl carbamates (subject to hydrolysis) is 1. The quantitative estimate of drug-likeness (QED) is 0.362. The van der Waals surface area contributed by atoms with Gasteiger partial charge in [0.2, 0.25) is 0 Å². The molecule has 0 saturated carbocycles.